The average Bonchev–Trinajstić information content (AvgIpc) is 2.29. The highest BCUT2D eigenvalue weighted by Gasteiger charge is 2.20. The Morgan fingerprint density at radius 1 is 1.40 bits per heavy atom. The minimum absolute atomic E-state index is 0.101. The van der Waals surface area contributed by atoms with Gasteiger partial charge in [-0.05, 0) is 38.0 Å². The molecule has 0 saturated carbocycles. The van der Waals surface area contributed by atoms with Gasteiger partial charge in [0.05, 0.1) is 0 Å². The molecule has 1 fully saturated rings. The minimum atomic E-state index is -0.121. The van der Waals surface area contributed by atoms with Crippen molar-refractivity contribution in [3.63, 3.8) is 0 Å². The molecule has 15 heavy (non-hydrogen) atoms. The number of hydrogen-bond acceptors (Lipinski definition) is 2. The molecular formula is C12H18N2O. The lowest BCUT2D eigenvalue weighted by molar-refractivity contribution is -0.123. The number of nitrogens with one attached hydrogen (secondary N) is 1. The van der Waals surface area contributed by atoms with Crippen LogP contribution in [0.4, 0.5) is 0 Å². The van der Waals surface area contributed by atoms with Crippen LogP contribution in [-0.2, 0) is 4.79 Å². The summed E-state index contributed by atoms with van der Waals surface area (Å²) in [4.78, 5) is 15.8. The van der Waals surface area contributed by atoms with E-state index in [1.54, 1.807) is 0 Å². The lowest BCUT2D eigenvalue weighted by Crippen LogP contribution is -2.39. The van der Waals surface area contributed by atoms with E-state index in [9.17, 15) is 4.79 Å². The summed E-state index contributed by atoms with van der Waals surface area (Å²) in [6.45, 7) is 0.816. The Hall–Kier alpha value is -1.12. The van der Waals surface area contributed by atoms with Crippen LogP contribution in [-0.4, -0.2) is 24.7 Å². The van der Waals surface area contributed by atoms with Gasteiger partial charge >= 0.3 is 0 Å². The number of carbonyl (C=O) groups excluding carboxylic acids is 1. The number of nitrogens with zero attached hydrogens (tertiary/aromatic N) is 1. The van der Waals surface area contributed by atoms with Crippen LogP contribution in [0.15, 0.2) is 17.1 Å². The SMILES string of the molecule is O=C1NCCCC1N=CC1CC=CCC1. The van der Waals surface area contributed by atoms with Gasteiger partial charge in [-0.15, -0.1) is 0 Å². The maximum absolute atomic E-state index is 11.4. The Morgan fingerprint density at radius 2 is 2.33 bits per heavy atom. The Kier molecular flexibility index (Phi) is 3.54. The molecule has 0 spiro atoms. The fourth-order valence-corrected chi connectivity index (χ4v) is 2.08. The molecule has 1 saturated heterocycles. The quantitative estimate of drug-likeness (QED) is 0.542. The van der Waals surface area contributed by atoms with E-state index in [0.29, 0.717) is 5.92 Å². The average molecular weight is 206 g/mol. The second-order valence-corrected chi connectivity index (χ2v) is 4.29. The molecule has 2 atom stereocenters. The van der Waals surface area contributed by atoms with Crippen LogP contribution in [0.2, 0.25) is 0 Å². The Morgan fingerprint density at radius 3 is 3.07 bits per heavy atom. The molecule has 1 N–H and O–H groups in total. The zero-order chi connectivity index (χ0) is 10.5. The van der Waals surface area contributed by atoms with Gasteiger partial charge in [0.1, 0.15) is 6.04 Å². The molecule has 82 valence electrons. The number of amides is 1. The fraction of sp³-hybridized carbons (Fsp3) is 0.667. The van der Waals surface area contributed by atoms with Crippen LogP contribution in [0.3, 0.4) is 0 Å². The van der Waals surface area contributed by atoms with Gasteiger partial charge in [0, 0.05) is 12.8 Å². The van der Waals surface area contributed by atoms with Crippen molar-refractivity contribution in [1.82, 2.24) is 5.32 Å². The number of piperidine rings is 1. The molecule has 2 rings (SSSR count). The Labute approximate surface area is 90.7 Å². The molecule has 0 aromatic carbocycles. The third kappa shape index (κ3) is 2.91. The molecule has 1 amide bonds. The van der Waals surface area contributed by atoms with E-state index in [-0.39, 0.29) is 11.9 Å². The highest BCUT2D eigenvalue weighted by atomic mass is 16.2. The van der Waals surface area contributed by atoms with Gasteiger partial charge < -0.3 is 5.32 Å². The van der Waals surface area contributed by atoms with E-state index in [0.717, 1.165) is 32.2 Å². The first-order valence-corrected chi connectivity index (χ1v) is 5.82. The predicted molar refractivity (Wildman–Crippen MR) is 61.0 cm³/mol. The largest absolute Gasteiger partial charge is 0.354 e. The number of allylic oxidation sites excluding steroid dienone is 2. The van der Waals surface area contributed by atoms with Gasteiger partial charge in [-0.2, -0.15) is 0 Å². The fourth-order valence-electron chi connectivity index (χ4n) is 2.08. The molecule has 2 unspecified atom stereocenters. The van der Waals surface area contributed by atoms with E-state index in [1.807, 2.05) is 6.21 Å². The van der Waals surface area contributed by atoms with Crippen molar-refractivity contribution in [3.8, 4) is 0 Å². The van der Waals surface area contributed by atoms with Crippen LogP contribution < -0.4 is 5.32 Å². The summed E-state index contributed by atoms with van der Waals surface area (Å²) in [5.41, 5.74) is 0. The second-order valence-electron chi connectivity index (χ2n) is 4.29. The van der Waals surface area contributed by atoms with Crippen LogP contribution >= 0.6 is 0 Å². The maximum Gasteiger partial charge on any atom is 0.244 e. The first kappa shape index (κ1) is 10.4. The monoisotopic (exact) mass is 206 g/mol. The standard InChI is InChI=1S/C12H18N2O/c15-12-11(7-4-8-13-12)14-9-10-5-2-1-3-6-10/h1-2,9-11H,3-8H2,(H,13,15). The first-order chi connectivity index (χ1) is 7.36. The summed E-state index contributed by atoms with van der Waals surface area (Å²) in [5, 5.41) is 2.85. The van der Waals surface area contributed by atoms with E-state index in [2.05, 4.69) is 22.5 Å². The molecule has 2 aliphatic rings. The lowest BCUT2D eigenvalue weighted by atomic mass is 9.95. The molecule has 0 radical (unpaired) electrons. The van der Waals surface area contributed by atoms with Gasteiger partial charge in [-0.25, -0.2) is 0 Å². The summed E-state index contributed by atoms with van der Waals surface area (Å²) in [7, 11) is 0. The van der Waals surface area contributed by atoms with Crippen LogP contribution in [0.1, 0.15) is 32.1 Å². The normalized spacial score (nSPS) is 31.9. The lowest BCUT2D eigenvalue weighted by Gasteiger charge is -2.19. The summed E-state index contributed by atoms with van der Waals surface area (Å²) >= 11 is 0. The van der Waals surface area contributed by atoms with Gasteiger partial charge in [-0.1, -0.05) is 12.2 Å². The number of hydrogen-bond donors (Lipinski definition) is 1. The Balaban J connectivity index is 1.86. The minimum Gasteiger partial charge on any atom is -0.354 e. The highest BCUT2D eigenvalue weighted by molar-refractivity contribution is 5.84. The summed E-state index contributed by atoms with van der Waals surface area (Å²) < 4.78 is 0. The number of carbonyl (C=O) groups is 1. The van der Waals surface area contributed by atoms with Crippen molar-refractivity contribution in [3.05, 3.63) is 12.2 Å². The van der Waals surface area contributed by atoms with E-state index in [4.69, 9.17) is 0 Å². The molecule has 3 nitrogen and oxygen atoms in total. The van der Waals surface area contributed by atoms with Crippen molar-refractivity contribution in [2.24, 2.45) is 10.9 Å². The van der Waals surface area contributed by atoms with E-state index < -0.39 is 0 Å². The second kappa shape index (κ2) is 5.10. The molecule has 1 heterocycles. The number of aliphatic imine (C=N–C) groups is 1. The van der Waals surface area contributed by atoms with Crippen molar-refractivity contribution >= 4 is 12.1 Å². The molecule has 3 heteroatoms. The molecular weight excluding hydrogens is 188 g/mol. The number of rotatable bonds is 2. The van der Waals surface area contributed by atoms with E-state index in [1.165, 1.54) is 6.42 Å². The molecule has 0 aromatic rings. The van der Waals surface area contributed by atoms with Gasteiger partial charge in [0.25, 0.3) is 0 Å². The summed E-state index contributed by atoms with van der Waals surface area (Å²) in [6.07, 6.45) is 11.8. The van der Waals surface area contributed by atoms with Crippen LogP contribution in [0, 0.1) is 5.92 Å². The van der Waals surface area contributed by atoms with E-state index >= 15 is 0 Å². The summed E-state index contributed by atoms with van der Waals surface area (Å²) in [5.74, 6) is 0.647. The van der Waals surface area contributed by atoms with Crippen LogP contribution in [0.5, 0.6) is 0 Å². The van der Waals surface area contributed by atoms with Crippen molar-refractivity contribution in [2.45, 2.75) is 38.1 Å². The van der Waals surface area contributed by atoms with Gasteiger partial charge in [-0.3, -0.25) is 9.79 Å². The molecule has 0 bridgehead atoms. The predicted octanol–water partition coefficient (Wildman–Crippen LogP) is 1.69. The van der Waals surface area contributed by atoms with Crippen molar-refractivity contribution in [1.29, 1.82) is 0 Å². The maximum atomic E-state index is 11.4. The third-order valence-electron chi connectivity index (χ3n) is 3.04. The molecule has 1 aliphatic carbocycles. The van der Waals surface area contributed by atoms with Crippen molar-refractivity contribution in [2.75, 3.05) is 6.54 Å². The summed E-state index contributed by atoms with van der Waals surface area (Å²) in [6, 6.07) is -0.121. The Bertz CT molecular complexity index is 283. The van der Waals surface area contributed by atoms with Crippen molar-refractivity contribution < 1.29 is 4.79 Å². The zero-order valence-electron chi connectivity index (χ0n) is 8.98. The van der Waals surface area contributed by atoms with Crippen LogP contribution in [0.25, 0.3) is 0 Å². The van der Waals surface area contributed by atoms with Gasteiger partial charge in [0.2, 0.25) is 5.91 Å². The third-order valence-corrected chi connectivity index (χ3v) is 3.04. The molecule has 0 aromatic heterocycles. The molecule has 1 aliphatic heterocycles. The highest BCUT2D eigenvalue weighted by Crippen LogP contribution is 2.17. The zero-order valence-corrected chi connectivity index (χ0v) is 8.98. The smallest absolute Gasteiger partial charge is 0.244 e. The van der Waals surface area contributed by atoms with Gasteiger partial charge in [0.15, 0.2) is 0 Å². The topological polar surface area (TPSA) is 41.5 Å². The first-order valence-electron chi connectivity index (χ1n) is 5.82.